The zero-order chi connectivity index (χ0) is 9.86. The quantitative estimate of drug-likeness (QED) is 0.739. The van der Waals surface area contributed by atoms with Gasteiger partial charge < -0.3 is 5.32 Å². The van der Waals surface area contributed by atoms with Gasteiger partial charge in [0.2, 0.25) is 0 Å². The predicted molar refractivity (Wildman–Crippen MR) is 63.0 cm³/mol. The molecule has 0 aliphatic heterocycles. The van der Waals surface area contributed by atoms with E-state index in [1.54, 1.807) is 11.3 Å². The summed E-state index contributed by atoms with van der Waals surface area (Å²) in [5.74, 6) is 0.806. The van der Waals surface area contributed by atoms with Crippen LogP contribution in [0.3, 0.4) is 0 Å². The molecule has 1 aliphatic rings. The molecule has 0 amide bonds. The maximum absolute atomic E-state index is 5.78. The van der Waals surface area contributed by atoms with Crippen LogP contribution in [0.15, 0.2) is 16.8 Å². The predicted octanol–water partition coefficient (Wildman–Crippen LogP) is 3.25. The van der Waals surface area contributed by atoms with Crippen LogP contribution in [-0.2, 0) is 6.54 Å². The molecule has 0 spiro atoms. The number of nitrogens with one attached hydrogen (secondary N) is 1. The van der Waals surface area contributed by atoms with Crippen molar-refractivity contribution in [1.82, 2.24) is 5.32 Å². The molecule has 1 N–H and O–H groups in total. The van der Waals surface area contributed by atoms with E-state index in [1.165, 1.54) is 24.8 Å². The molecule has 1 aromatic heterocycles. The third-order valence-electron chi connectivity index (χ3n) is 2.99. The molecule has 1 fully saturated rings. The summed E-state index contributed by atoms with van der Waals surface area (Å²) in [4.78, 5) is 0. The second kappa shape index (κ2) is 4.65. The number of halogens is 1. The smallest absolute Gasteiger partial charge is 0.0229 e. The topological polar surface area (TPSA) is 12.0 Å². The number of thiophene rings is 1. The first-order chi connectivity index (χ1) is 6.85. The average Bonchev–Trinajstić information content (AvgIpc) is 2.75. The van der Waals surface area contributed by atoms with E-state index in [2.05, 4.69) is 22.1 Å². The van der Waals surface area contributed by atoms with Gasteiger partial charge in [0.05, 0.1) is 0 Å². The molecule has 78 valence electrons. The minimum atomic E-state index is 0.553. The summed E-state index contributed by atoms with van der Waals surface area (Å²) in [6.07, 6.45) is 3.89. The fraction of sp³-hybridized carbons (Fsp3) is 0.636. The largest absolute Gasteiger partial charge is 0.312 e. The maximum Gasteiger partial charge on any atom is 0.0229 e. The molecule has 0 unspecified atom stereocenters. The van der Waals surface area contributed by atoms with Gasteiger partial charge in [-0.1, -0.05) is 0 Å². The van der Waals surface area contributed by atoms with Crippen molar-refractivity contribution in [3.8, 4) is 0 Å². The molecule has 3 heteroatoms. The Bertz CT molecular complexity index is 267. The standard InChI is InChI=1S/C11H16ClNS/c12-5-4-11(2-3-11)9-13-7-10-1-6-14-8-10/h1,6,8,13H,2-5,7,9H2. The van der Waals surface area contributed by atoms with Crippen molar-refractivity contribution in [2.24, 2.45) is 5.41 Å². The Morgan fingerprint density at radius 2 is 2.36 bits per heavy atom. The van der Waals surface area contributed by atoms with Crippen molar-refractivity contribution >= 4 is 22.9 Å². The van der Waals surface area contributed by atoms with Gasteiger partial charge in [-0.25, -0.2) is 0 Å². The summed E-state index contributed by atoms with van der Waals surface area (Å²) < 4.78 is 0. The Balaban J connectivity index is 1.68. The number of hydrogen-bond acceptors (Lipinski definition) is 2. The van der Waals surface area contributed by atoms with Gasteiger partial charge >= 0.3 is 0 Å². The zero-order valence-electron chi connectivity index (χ0n) is 8.26. The van der Waals surface area contributed by atoms with Crippen LogP contribution in [0.4, 0.5) is 0 Å². The van der Waals surface area contributed by atoms with E-state index >= 15 is 0 Å². The highest BCUT2D eigenvalue weighted by Crippen LogP contribution is 2.48. The lowest BCUT2D eigenvalue weighted by atomic mass is 10.0. The van der Waals surface area contributed by atoms with Gasteiger partial charge in [-0.05, 0) is 47.1 Å². The van der Waals surface area contributed by atoms with Gasteiger partial charge in [0.15, 0.2) is 0 Å². The van der Waals surface area contributed by atoms with E-state index in [9.17, 15) is 0 Å². The summed E-state index contributed by atoms with van der Waals surface area (Å²) in [6.45, 7) is 2.14. The van der Waals surface area contributed by atoms with Crippen LogP contribution in [0, 0.1) is 5.41 Å². The SMILES string of the molecule is ClCCC1(CNCc2ccsc2)CC1. The zero-order valence-corrected chi connectivity index (χ0v) is 9.83. The molecule has 0 radical (unpaired) electrons. The molecule has 1 nitrogen and oxygen atoms in total. The third kappa shape index (κ3) is 2.72. The van der Waals surface area contributed by atoms with E-state index < -0.39 is 0 Å². The van der Waals surface area contributed by atoms with Crippen molar-refractivity contribution in [3.63, 3.8) is 0 Å². The van der Waals surface area contributed by atoms with E-state index in [4.69, 9.17) is 11.6 Å². The average molecular weight is 230 g/mol. The van der Waals surface area contributed by atoms with E-state index in [0.717, 1.165) is 19.0 Å². The third-order valence-corrected chi connectivity index (χ3v) is 3.91. The number of hydrogen-bond donors (Lipinski definition) is 1. The van der Waals surface area contributed by atoms with Crippen molar-refractivity contribution < 1.29 is 0 Å². The molecule has 0 bridgehead atoms. The molecule has 1 saturated carbocycles. The Labute approximate surface area is 94.5 Å². The lowest BCUT2D eigenvalue weighted by Crippen LogP contribution is -2.23. The van der Waals surface area contributed by atoms with Gasteiger partial charge in [0.25, 0.3) is 0 Å². The van der Waals surface area contributed by atoms with E-state index in [0.29, 0.717) is 5.41 Å². The molecule has 14 heavy (non-hydrogen) atoms. The first-order valence-corrected chi connectivity index (χ1v) is 6.60. The van der Waals surface area contributed by atoms with Crippen LogP contribution < -0.4 is 5.32 Å². The van der Waals surface area contributed by atoms with Crippen molar-refractivity contribution in [1.29, 1.82) is 0 Å². The summed E-state index contributed by atoms with van der Waals surface area (Å²) in [5.41, 5.74) is 1.95. The number of rotatable bonds is 6. The van der Waals surface area contributed by atoms with E-state index in [-0.39, 0.29) is 0 Å². The van der Waals surface area contributed by atoms with Crippen LogP contribution in [0.2, 0.25) is 0 Å². The van der Waals surface area contributed by atoms with Crippen LogP contribution >= 0.6 is 22.9 Å². The minimum Gasteiger partial charge on any atom is -0.312 e. The van der Waals surface area contributed by atoms with Gasteiger partial charge in [-0.15, -0.1) is 11.6 Å². The highest BCUT2D eigenvalue weighted by Gasteiger charge is 2.40. The second-order valence-electron chi connectivity index (χ2n) is 4.17. The van der Waals surface area contributed by atoms with Gasteiger partial charge in [0.1, 0.15) is 0 Å². The fourth-order valence-corrected chi connectivity index (χ4v) is 2.83. The Hall–Kier alpha value is -0.0500. The van der Waals surface area contributed by atoms with Gasteiger partial charge in [0, 0.05) is 19.0 Å². The number of alkyl halides is 1. The Morgan fingerprint density at radius 3 is 2.93 bits per heavy atom. The molecular formula is C11H16ClNS. The second-order valence-corrected chi connectivity index (χ2v) is 5.33. The first-order valence-electron chi connectivity index (χ1n) is 5.12. The molecule has 2 rings (SSSR count). The molecule has 1 heterocycles. The molecule has 1 aromatic rings. The fourth-order valence-electron chi connectivity index (χ4n) is 1.76. The normalized spacial score (nSPS) is 18.4. The van der Waals surface area contributed by atoms with Crippen LogP contribution in [0.25, 0.3) is 0 Å². The van der Waals surface area contributed by atoms with Crippen molar-refractivity contribution in [2.45, 2.75) is 25.8 Å². The van der Waals surface area contributed by atoms with Crippen LogP contribution in [-0.4, -0.2) is 12.4 Å². The first kappa shape index (κ1) is 10.5. The van der Waals surface area contributed by atoms with Gasteiger partial charge in [-0.2, -0.15) is 11.3 Å². The monoisotopic (exact) mass is 229 g/mol. The molecule has 0 aromatic carbocycles. The Morgan fingerprint density at radius 1 is 1.50 bits per heavy atom. The highest BCUT2D eigenvalue weighted by molar-refractivity contribution is 7.07. The summed E-state index contributed by atoms with van der Waals surface area (Å²) in [7, 11) is 0. The van der Waals surface area contributed by atoms with Gasteiger partial charge in [-0.3, -0.25) is 0 Å². The highest BCUT2D eigenvalue weighted by atomic mass is 35.5. The summed E-state index contributed by atoms with van der Waals surface area (Å²) in [6, 6.07) is 2.18. The molecular weight excluding hydrogens is 214 g/mol. The molecule has 0 atom stereocenters. The van der Waals surface area contributed by atoms with Crippen molar-refractivity contribution in [2.75, 3.05) is 12.4 Å². The molecule has 1 aliphatic carbocycles. The maximum atomic E-state index is 5.78. The lowest BCUT2D eigenvalue weighted by Gasteiger charge is -2.13. The summed E-state index contributed by atoms with van der Waals surface area (Å²) in [5, 5.41) is 7.85. The minimum absolute atomic E-state index is 0.553. The van der Waals surface area contributed by atoms with E-state index in [1.807, 2.05) is 0 Å². The Kier molecular flexibility index (Phi) is 3.47. The van der Waals surface area contributed by atoms with Crippen molar-refractivity contribution in [3.05, 3.63) is 22.4 Å². The van der Waals surface area contributed by atoms with Crippen LogP contribution in [0.5, 0.6) is 0 Å². The summed E-state index contributed by atoms with van der Waals surface area (Å²) >= 11 is 7.54. The lowest BCUT2D eigenvalue weighted by molar-refractivity contribution is 0.446. The van der Waals surface area contributed by atoms with Crippen LogP contribution in [0.1, 0.15) is 24.8 Å². The molecule has 0 saturated heterocycles.